The van der Waals surface area contributed by atoms with Crippen molar-refractivity contribution in [1.29, 1.82) is 0 Å². The van der Waals surface area contributed by atoms with Gasteiger partial charge in [0, 0.05) is 32.0 Å². The lowest BCUT2D eigenvalue weighted by atomic mass is 9.99. The number of benzene rings is 1. The average Bonchev–Trinajstić information content (AvgIpc) is 2.67. The Kier molecular flexibility index (Phi) is 5.63. The summed E-state index contributed by atoms with van der Waals surface area (Å²) in [7, 11) is -3.74. The lowest BCUT2D eigenvalue weighted by Gasteiger charge is -2.31. The van der Waals surface area contributed by atoms with Crippen LogP contribution in [0.2, 0.25) is 0 Å². The number of carbonyl (C=O) groups is 1. The van der Waals surface area contributed by atoms with Crippen LogP contribution in [-0.2, 0) is 21.4 Å². The Morgan fingerprint density at radius 3 is 2.73 bits per heavy atom. The normalized spacial score (nSPS) is 18.4. The lowest BCUT2D eigenvalue weighted by molar-refractivity contribution is -0.126. The highest BCUT2D eigenvalue weighted by molar-refractivity contribution is 7.89. The largest absolute Gasteiger partial charge is 0.352 e. The predicted octanol–water partition coefficient (Wildman–Crippen LogP) is 1.94. The molecule has 1 fully saturated rings. The first-order chi connectivity index (χ1) is 12.5. The van der Waals surface area contributed by atoms with E-state index in [1.165, 1.54) is 16.4 Å². The number of nitrogens with zero attached hydrogens (tertiary/aromatic N) is 2. The molecular weight excluding hydrogens is 357 g/mol. The molecule has 1 amide bonds. The molecular formula is C18H20FN3O3S. The molecule has 6 nitrogen and oxygen atoms in total. The van der Waals surface area contributed by atoms with E-state index in [1.807, 2.05) is 6.07 Å². The van der Waals surface area contributed by atoms with Crippen molar-refractivity contribution in [3.05, 3.63) is 60.2 Å². The van der Waals surface area contributed by atoms with Crippen molar-refractivity contribution in [2.24, 2.45) is 5.92 Å². The summed E-state index contributed by atoms with van der Waals surface area (Å²) in [5.74, 6) is -1.07. The van der Waals surface area contributed by atoms with Gasteiger partial charge in [0.05, 0.1) is 10.8 Å². The smallest absolute Gasteiger partial charge is 0.243 e. The molecule has 1 aliphatic rings. The molecule has 26 heavy (non-hydrogen) atoms. The summed E-state index contributed by atoms with van der Waals surface area (Å²) in [5.41, 5.74) is 0.882. The van der Waals surface area contributed by atoms with Crippen LogP contribution in [0.3, 0.4) is 0 Å². The summed E-state index contributed by atoms with van der Waals surface area (Å²) in [5, 5.41) is 2.84. The molecule has 1 saturated heterocycles. The van der Waals surface area contributed by atoms with E-state index in [0.29, 0.717) is 25.9 Å². The van der Waals surface area contributed by atoms with E-state index >= 15 is 0 Å². The van der Waals surface area contributed by atoms with Gasteiger partial charge in [0.2, 0.25) is 15.9 Å². The zero-order valence-corrected chi connectivity index (χ0v) is 15.0. The number of piperidine rings is 1. The van der Waals surface area contributed by atoms with Crippen LogP contribution in [0.25, 0.3) is 0 Å². The molecule has 0 radical (unpaired) electrons. The molecule has 3 rings (SSSR count). The van der Waals surface area contributed by atoms with Crippen molar-refractivity contribution < 1.29 is 17.6 Å². The fraction of sp³-hybridized carbons (Fsp3) is 0.333. The Hall–Kier alpha value is -2.32. The fourth-order valence-electron chi connectivity index (χ4n) is 2.97. The molecule has 8 heteroatoms. The van der Waals surface area contributed by atoms with Crippen LogP contribution in [-0.4, -0.2) is 36.7 Å². The van der Waals surface area contributed by atoms with Gasteiger partial charge in [-0.25, -0.2) is 12.8 Å². The number of hydrogen-bond acceptors (Lipinski definition) is 4. The molecule has 138 valence electrons. The molecule has 0 unspecified atom stereocenters. The first-order valence-corrected chi connectivity index (χ1v) is 9.83. The van der Waals surface area contributed by atoms with Crippen molar-refractivity contribution >= 4 is 15.9 Å². The third-order valence-corrected chi connectivity index (χ3v) is 6.28. The van der Waals surface area contributed by atoms with Crippen LogP contribution in [0, 0.1) is 11.7 Å². The quantitative estimate of drug-likeness (QED) is 0.864. The van der Waals surface area contributed by atoms with Crippen LogP contribution in [0.4, 0.5) is 4.39 Å². The highest BCUT2D eigenvalue weighted by Gasteiger charge is 2.33. The van der Waals surface area contributed by atoms with Gasteiger partial charge >= 0.3 is 0 Å². The van der Waals surface area contributed by atoms with Gasteiger partial charge in [-0.2, -0.15) is 4.31 Å². The number of halogens is 1. The summed E-state index contributed by atoms with van der Waals surface area (Å²) < 4.78 is 39.8. The van der Waals surface area contributed by atoms with Crippen molar-refractivity contribution in [3.63, 3.8) is 0 Å². The van der Waals surface area contributed by atoms with Gasteiger partial charge in [-0.15, -0.1) is 0 Å². The highest BCUT2D eigenvalue weighted by atomic mass is 32.2. The molecule has 0 aliphatic carbocycles. The number of amides is 1. The molecule has 0 bridgehead atoms. The molecule has 1 aliphatic heterocycles. The molecule has 0 saturated carbocycles. The van der Waals surface area contributed by atoms with E-state index in [1.54, 1.807) is 18.5 Å². The van der Waals surface area contributed by atoms with Gasteiger partial charge in [0.15, 0.2) is 0 Å². The highest BCUT2D eigenvalue weighted by Crippen LogP contribution is 2.24. The van der Waals surface area contributed by atoms with Crippen LogP contribution in [0.1, 0.15) is 18.4 Å². The Labute approximate surface area is 152 Å². The second-order valence-corrected chi connectivity index (χ2v) is 8.17. The number of hydrogen-bond donors (Lipinski definition) is 1. The molecule has 0 spiro atoms. The minimum atomic E-state index is -3.74. The Balaban J connectivity index is 1.64. The first kappa shape index (κ1) is 18.5. The van der Waals surface area contributed by atoms with Crippen LogP contribution in [0.15, 0.2) is 53.7 Å². The van der Waals surface area contributed by atoms with E-state index in [9.17, 15) is 17.6 Å². The number of rotatable bonds is 5. The number of pyridine rings is 1. The van der Waals surface area contributed by atoms with Crippen LogP contribution >= 0.6 is 0 Å². The van der Waals surface area contributed by atoms with Crippen molar-refractivity contribution in [1.82, 2.24) is 14.6 Å². The minimum absolute atomic E-state index is 0.0373. The fourth-order valence-corrected chi connectivity index (χ4v) is 4.49. The van der Waals surface area contributed by atoms with Gasteiger partial charge in [-0.3, -0.25) is 9.78 Å². The molecule has 1 N–H and O–H groups in total. The van der Waals surface area contributed by atoms with Crippen LogP contribution < -0.4 is 5.32 Å². The zero-order valence-electron chi connectivity index (χ0n) is 14.1. The van der Waals surface area contributed by atoms with Gasteiger partial charge < -0.3 is 5.32 Å². The maximum absolute atomic E-state index is 13.0. The van der Waals surface area contributed by atoms with E-state index in [4.69, 9.17) is 0 Å². The van der Waals surface area contributed by atoms with Crippen LogP contribution in [0.5, 0.6) is 0 Å². The molecule has 2 aromatic rings. The number of nitrogens with one attached hydrogen (secondary N) is 1. The Morgan fingerprint density at radius 1 is 1.27 bits per heavy atom. The monoisotopic (exact) mass is 377 g/mol. The Bertz CT molecular complexity index is 857. The summed E-state index contributed by atoms with van der Waals surface area (Å²) in [6, 6.07) is 8.38. The van der Waals surface area contributed by atoms with Gasteiger partial charge in [-0.05, 0) is 48.7 Å². The predicted molar refractivity (Wildman–Crippen MR) is 94.0 cm³/mol. The molecule has 2 heterocycles. The summed E-state index contributed by atoms with van der Waals surface area (Å²) in [6.07, 6.45) is 4.57. The van der Waals surface area contributed by atoms with E-state index in [0.717, 1.165) is 17.7 Å². The van der Waals surface area contributed by atoms with E-state index < -0.39 is 21.8 Å². The number of carbonyl (C=O) groups excluding carboxylic acids is 1. The zero-order chi connectivity index (χ0) is 18.6. The second-order valence-electron chi connectivity index (χ2n) is 6.24. The van der Waals surface area contributed by atoms with Gasteiger partial charge in [0.1, 0.15) is 5.82 Å². The number of aromatic nitrogens is 1. The third kappa shape index (κ3) is 4.25. The SMILES string of the molecule is O=C(NCc1cccnc1)[C@H]1CCCN(S(=O)(=O)c2ccc(F)cc2)C1. The number of sulfonamides is 1. The molecule has 1 aromatic heterocycles. The summed E-state index contributed by atoms with van der Waals surface area (Å²) in [6.45, 7) is 0.832. The van der Waals surface area contributed by atoms with E-state index in [-0.39, 0.29) is 17.3 Å². The minimum Gasteiger partial charge on any atom is -0.352 e. The van der Waals surface area contributed by atoms with Crippen molar-refractivity contribution in [2.75, 3.05) is 13.1 Å². The first-order valence-electron chi connectivity index (χ1n) is 8.39. The lowest BCUT2D eigenvalue weighted by Crippen LogP contribution is -2.45. The summed E-state index contributed by atoms with van der Waals surface area (Å²) >= 11 is 0. The third-order valence-electron chi connectivity index (χ3n) is 4.40. The molecule has 1 atom stereocenters. The van der Waals surface area contributed by atoms with Gasteiger partial charge in [-0.1, -0.05) is 6.07 Å². The second kappa shape index (κ2) is 7.92. The van der Waals surface area contributed by atoms with Gasteiger partial charge in [0.25, 0.3) is 0 Å². The van der Waals surface area contributed by atoms with Crippen molar-refractivity contribution in [2.45, 2.75) is 24.3 Å². The average molecular weight is 377 g/mol. The summed E-state index contributed by atoms with van der Waals surface area (Å²) in [4.78, 5) is 16.5. The topological polar surface area (TPSA) is 79.4 Å². The Morgan fingerprint density at radius 2 is 2.04 bits per heavy atom. The maximum Gasteiger partial charge on any atom is 0.243 e. The maximum atomic E-state index is 13.0. The van der Waals surface area contributed by atoms with E-state index in [2.05, 4.69) is 10.3 Å². The standard InChI is InChI=1S/C18H20FN3O3S/c19-16-5-7-17(8-6-16)26(24,25)22-10-2-4-15(13-22)18(23)21-12-14-3-1-9-20-11-14/h1,3,5-9,11,15H,2,4,10,12-13H2,(H,21,23)/t15-/m0/s1. The molecule has 1 aromatic carbocycles. The van der Waals surface area contributed by atoms with Crippen molar-refractivity contribution in [3.8, 4) is 0 Å².